The maximum atomic E-state index is 6.22. The number of rotatable bonds is 3. The van der Waals surface area contributed by atoms with E-state index in [0.717, 1.165) is 60.3 Å². The number of para-hydroxylation sites is 1. The van der Waals surface area contributed by atoms with Gasteiger partial charge in [0, 0.05) is 44.4 Å². The first kappa shape index (κ1) is 25.8. The fourth-order valence-corrected chi connectivity index (χ4v) is 6.85. The van der Waals surface area contributed by atoms with Crippen LogP contribution in [0.3, 0.4) is 0 Å². The van der Waals surface area contributed by atoms with Gasteiger partial charge in [-0.25, -0.2) is 15.0 Å². The second kappa shape index (κ2) is 10.0. The van der Waals surface area contributed by atoms with E-state index >= 15 is 0 Å². The number of hydrogen-bond acceptors (Lipinski definition) is 5. The lowest BCUT2D eigenvalue weighted by molar-refractivity contribution is 0.669. The number of benzene rings is 7. The maximum absolute atomic E-state index is 6.22. The third-order valence-corrected chi connectivity index (χ3v) is 9.14. The Morgan fingerprint density at radius 3 is 1.96 bits per heavy atom. The zero-order valence-electron chi connectivity index (χ0n) is 25.1. The standard InChI is InChI=1S/C42H24N4O/c1-2-10-27-22-28(17-16-25(27)8-1)40-44-41(46-42(45-40)34-13-7-15-38-39(34)33-12-5-6-14-37(33)47-38)29-19-21-32-31-20-18-26-9-3-4-11-30(26)35(31)24-43-36(32)23-29/h1-24H. The molecule has 0 saturated carbocycles. The van der Waals surface area contributed by atoms with Crippen LogP contribution in [0.2, 0.25) is 0 Å². The largest absolute Gasteiger partial charge is 0.456 e. The summed E-state index contributed by atoms with van der Waals surface area (Å²) in [5.74, 6) is 1.79. The molecule has 7 aromatic carbocycles. The van der Waals surface area contributed by atoms with E-state index in [9.17, 15) is 0 Å². The van der Waals surface area contributed by atoms with Gasteiger partial charge in [0.15, 0.2) is 17.5 Å². The predicted molar refractivity (Wildman–Crippen MR) is 191 cm³/mol. The summed E-state index contributed by atoms with van der Waals surface area (Å²) in [5.41, 5.74) is 5.22. The molecule has 0 atom stereocenters. The molecule has 0 spiro atoms. The zero-order chi connectivity index (χ0) is 30.9. The van der Waals surface area contributed by atoms with Crippen molar-refractivity contribution >= 4 is 65.2 Å². The van der Waals surface area contributed by atoms with Crippen molar-refractivity contribution in [2.24, 2.45) is 0 Å². The molecule has 0 aliphatic heterocycles. The fourth-order valence-electron chi connectivity index (χ4n) is 6.85. The summed E-state index contributed by atoms with van der Waals surface area (Å²) in [4.78, 5) is 20.2. The second-order valence-corrected chi connectivity index (χ2v) is 11.9. The highest BCUT2D eigenvalue weighted by Crippen LogP contribution is 2.37. The van der Waals surface area contributed by atoms with Crippen LogP contribution in [0.25, 0.3) is 99.3 Å². The summed E-state index contributed by atoms with van der Waals surface area (Å²) in [6.45, 7) is 0. The lowest BCUT2D eigenvalue weighted by Gasteiger charge is -2.11. The highest BCUT2D eigenvalue weighted by molar-refractivity contribution is 6.16. The monoisotopic (exact) mass is 600 g/mol. The van der Waals surface area contributed by atoms with Crippen LogP contribution in [0.5, 0.6) is 0 Å². The minimum absolute atomic E-state index is 0.588. The predicted octanol–water partition coefficient (Wildman–Crippen LogP) is 10.8. The molecule has 0 radical (unpaired) electrons. The number of fused-ring (bicyclic) bond motifs is 9. The van der Waals surface area contributed by atoms with Crippen molar-refractivity contribution in [2.75, 3.05) is 0 Å². The number of furan rings is 1. The van der Waals surface area contributed by atoms with Crippen molar-refractivity contribution in [3.63, 3.8) is 0 Å². The van der Waals surface area contributed by atoms with E-state index < -0.39 is 0 Å². The Morgan fingerprint density at radius 2 is 1.06 bits per heavy atom. The third kappa shape index (κ3) is 4.10. The lowest BCUT2D eigenvalue weighted by Crippen LogP contribution is -2.00. The fraction of sp³-hybridized carbons (Fsp3) is 0. The summed E-state index contributed by atoms with van der Waals surface area (Å²) < 4.78 is 6.22. The molecule has 0 unspecified atom stereocenters. The molecular formula is C42H24N4O. The molecular weight excluding hydrogens is 576 g/mol. The van der Waals surface area contributed by atoms with Crippen LogP contribution in [-0.2, 0) is 0 Å². The van der Waals surface area contributed by atoms with Gasteiger partial charge in [-0.2, -0.15) is 0 Å². The molecule has 0 aliphatic carbocycles. The van der Waals surface area contributed by atoms with Gasteiger partial charge in [-0.15, -0.1) is 0 Å². The topological polar surface area (TPSA) is 64.7 Å². The molecule has 10 aromatic rings. The number of hydrogen-bond donors (Lipinski definition) is 0. The molecule has 218 valence electrons. The third-order valence-electron chi connectivity index (χ3n) is 9.14. The smallest absolute Gasteiger partial charge is 0.164 e. The summed E-state index contributed by atoms with van der Waals surface area (Å²) in [6, 6.07) is 47.9. The maximum Gasteiger partial charge on any atom is 0.164 e. The molecule has 0 N–H and O–H groups in total. The molecule has 0 amide bonds. The average Bonchev–Trinajstić information content (AvgIpc) is 3.53. The summed E-state index contributed by atoms with van der Waals surface area (Å²) in [7, 11) is 0. The molecule has 0 bridgehead atoms. The van der Waals surface area contributed by atoms with Gasteiger partial charge >= 0.3 is 0 Å². The Morgan fingerprint density at radius 1 is 0.404 bits per heavy atom. The van der Waals surface area contributed by atoms with Gasteiger partial charge in [0.2, 0.25) is 0 Å². The van der Waals surface area contributed by atoms with Gasteiger partial charge in [0.25, 0.3) is 0 Å². The van der Waals surface area contributed by atoms with E-state index in [-0.39, 0.29) is 0 Å². The van der Waals surface area contributed by atoms with Crippen LogP contribution in [0.4, 0.5) is 0 Å². The lowest BCUT2D eigenvalue weighted by atomic mass is 9.99. The highest BCUT2D eigenvalue weighted by atomic mass is 16.3. The van der Waals surface area contributed by atoms with E-state index in [1.165, 1.54) is 21.5 Å². The highest BCUT2D eigenvalue weighted by Gasteiger charge is 2.18. The molecule has 3 heterocycles. The number of pyridine rings is 1. The summed E-state index contributed by atoms with van der Waals surface area (Å²) >= 11 is 0. The van der Waals surface area contributed by atoms with Crippen molar-refractivity contribution in [3.05, 3.63) is 146 Å². The van der Waals surface area contributed by atoms with Crippen LogP contribution >= 0.6 is 0 Å². The first-order valence-corrected chi connectivity index (χ1v) is 15.6. The zero-order valence-corrected chi connectivity index (χ0v) is 25.1. The Bertz CT molecular complexity index is 2870. The SMILES string of the molecule is c1ccc2cc(-c3nc(-c4ccc5c(c4)ncc4c6ccccc6ccc54)nc(-c4cccc5oc6ccccc6c45)n3)ccc2c1. The van der Waals surface area contributed by atoms with E-state index in [1.807, 2.05) is 36.5 Å². The first-order valence-electron chi connectivity index (χ1n) is 15.6. The van der Waals surface area contributed by atoms with Gasteiger partial charge in [0.05, 0.1) is 5.52 Å². The van der Waals surface area contributed by atoms with Crippen molar-refractivity contribution in [1.82, 2.24) is 19.9 Å². The van der Waals surface area contributed by atoms with E-state index in [1.54, 1.807) is 0 Å². The number of nitrogens with zero attached hydrogens (tertiary/aromatic N) is 4. The number of aromatic nitrogens is 4. The van der Waals surface area contributed by atoms with Gasteiger partial charge in [-0.1, -0.05) is 115 Å². The Kier molecular flexibility index (Phi) is 5.51. The van der Waals surface area contributed by atoms with Crippen LogP contribution < -0.4 is 0 Å². The quantitative estimate of drug-likeness (QED) is 0.189. The summed E-state index contributed by atoms with van der Waals surface area (Å²) in [5, 5.41) is 10.1. The molecule has 47 heavy (non-hydrogen) atoms. The van der Waals surface area contributed by atoms with Gasteiger partial charge in [-0.05, 0) is 51.2 Å². The van der Waals surface area contributed by atoms with Crippen LogP contribution in [0.15, 0.2) is 150 Å². The molecule has 5 heteroatoms. The minimum atomic E-state index is 0.588. The second-order valence-electron chi connectivity index (χ2n) is 11.9. The van der Waals surface area contributed by atoms with E-state index in [0.29, 0.717) is 17.5 Å². The molecule has 0 aliphatic rings. The van der Waals surface area contributed by atoms with Crippen molar-refractivity contribution in [2.45, 2.75) is 0 Å². The Labute approximate surface area is 268 Å². The average molecular weight is 601 g/mol. The molecule has 10 rings (SSSR count). The molecule has 0 saturated heterocycles. The van der Waals surface area contributed by atoms with Crippen molar-refractivity contribution in [1.29, 1.82) is 0 Å². The van der Waals surface area contributed by atoms with Gasteiger partial charge in [-0.3, -0.25) is 4.98 Å². The normalized spacial score (nSPS) is 11.8. The van der Waals surface area contributed by atoms with E-state index in [4.69, 9.17) is 24.4 Å². The van der Waals surface area contributed by atoms with Crippen molar-refractivity contribution in [3.8, 4) is 34.2 Å². The first-order chi connectivity index (χ1) is 23.3. The Balaban J connectivity index is 1.21. The van der Waals surface area contributed by atoms with E-state index in [2.05, 4.69) is 109 Å². The Hall–Kier alpha value is -6.46. The van der Waals surface area contributed by atoms with Gasteiger partial charge in [0.1, 0.15) is 11.2 Å². The summed E-state index contributed by atoms with van der Waals surface area (Å²) in [6.07, 6.45) is 1.98. The van der Waals surface area contributed by atoms with Crippen LogP contribution in [-0.4, -0.2) is 19.9 Å². The van der Waals surface area contributed by atoms with Crippen LogP contribution in [0, 0.1) is 0 Å². The van der Waals surface area contributed by atoms with Gasteiger partial charge < -0.3 is 4.42 Å². The van der Waals surface area contributed by atoms with Crippen molar-refractivity contribution < 1.29 is 4.42 Å². The molecule has 3 aromatic heterocycles. The molecule has 5 nitrogen and oxygen atoms in total. The minimum Gasteiger partial charge on any atom is -0.456 e. The molecule has 0 fully saturated rings. The van der Waals surface area contributed by atoms with Crippen LogP contribution in [0.1, 0.15) is 0 Å².